The highest BCUT2D eigenvalue weighted by molar-refractivity contribution is 7.94. The van der Waals surface area contributed by atoms with Crippen LogP contribution in [-0.4, -0.2) is 62.3 Å². The maximum atomic E-state index is 13.3. The summed E-state index contributed by atoms with van der Waals surface area (Å²) in [5, 5.41) is 35.3. The molecule has 4 rings (SSSR count). The number of rotatable bonds is 4. The Balaban J connectivity index is 0.000000292. The minimum atomic E-state index is -1.55. The van der Waals surface area contributed by atoms with E-state index in [-0.39, 0.29) is 36.6 Å². The van der Waals surface area contributed by atoms with Crippen LogP contribution in [0.3, 0.4) is 0 Å². The number of halogens is 6. The minimum Gasteiger partial charge on any atom is -0.397 e. The van der Waals surface area contributed by atoms with Gasteiger partial charge in [0.15, 0.2) is 17.5 Å². The summed E-state index contributed by atoms with van der Waals surface area (Å²) in [6.07, 6.45) is 0.110. The van der Waals surface area contributed by atoms with Gasteiger partial charge in [-0.25, -0.2) is 17.9 Å². The summed E-state index contributed by atoms with van der Waals surface area (Å²) < 4.78 is 58.0. The Morgan fingerprint density at radius 3 is 2.31 bits per heavy atom. The molecule has 36 heavy (non-hydrogen) atoms. The fourth-order valence-electron chi connectivity index (χ4n) is 3.11. The second-order valence-electron chi connectivity index (χ2n) is 7.25. The van der Waals surface area contributed by atoms with Gasteiger partial charge in [0, 0.05) is 23.7 Å². The molecule has 1 aromatic heterocycles. The van der Waals surface area contributed by atoms with Crippen molar-refractivity contribution in [2.45, 2.75) is 36.5 Å². The first-order chi connectivity index (χ1) is 17.2. The molecular weight excluding hydrogens is 549 g/mol. The van der Waals surface area contributed by atoms with Crippen LogP contribution in [0, 0.1) is 17.5 Å². The Hall–Kier alpha value is -1.93. The molecule has 0 aliphatic carbocycles. The van der Waals surface area contributed by atoms with Crippen LogP contribution >= 0.6 is 35.3 Å². The first-order valence-corrected chi connectivity index (χ1v) is 12.0. The van der Waals surface area contributed by atoms with E-state index in [1.807, 2.05) is 0 Å². The van der Waals surface area contributed by atoms with Crippen LogP contribution in [0.4, 0.5) is 17.1 Å². The van der Waals surface area contributed by atoms with Gasteiger partial charge in [-0.15, -0.1) is 5.10 Å². The summed E-state index contributed by atoms with van der Waals surface area (Å²) in [5.41, 5.74) is 0.176. The van der Waals surface area contributed by atoms with Crippen molar-refractivity contribution in [2.24, 2.45) is 0 Å². The second-order valence-corrected chi connectivity index (χ2v) is 8.69. The van der Waals surface area contributed by atoms with Crippen molar-refractivity contribution in [3.05, 3.63) is 64.0 Å². The molecule has 0 spiro atoms. The number of hydrogen-bond donors (Lipinski definition) is 3. The Morgan fingerprint density at radius 1 is 1.11 bits per heavy atom. The lowest BCUT2D eigenvalue weighted by atomic mass is 10.0. The fourth-order valence-corrected chi connectivity index (χ4v) is 3.75. The van der Waals surface area contributed by atoms with Crippen LogP contribution in [0.5, 0.6) is 0 Å². The number of nitrogens with zero attached hydrogens (tertiary/aromatic N) is 3. The van der Waals surface area contributed by atoms with E-state index in [1.54, 1.807) is 19.1 Å². The van der Waals surface area contributed by atoms with Crippen molar-refractivity contribution in [2.75, 3.05) is 19.8 Å². The van der Waals surface area contributed by atoms with Crippen LogP contribution < -0.4 is 0 Å². The van der Waals surface area contributed by atoms with Gasteiger partial charge in [0.05, 0.1) is 41.0 Å². The summed E-state index contributed by atoms with van der Waals surface area (Å²) >= 11 is 11.3. The van der Waals surface area contributed by atoms with Crippen molar-refractivity contribution < 1.29 is 37.1 Å². The van der Waals surface area contributed by atoms with Crippen molar-refractivity contribution in [1.29, 1.82) is 0 Å². The molecule has 0 bridgehead atoms. The predicted octanol–water partition coefficient (Wildman–Crippen LogP) is 5.01. The van der Waals surface area contributed by atoms with E-state index in [0.29, 0.717) is 28.0 Å². The van der Waals surface area contributed by atoms with Gasteiger partial charge in [0.1, 0.15) is 17.9 Å². The molecule has 0 amide bonds. The Labute approximate surface area is 218 Å². The van der Waals surface area contributed by atoms with Crippen molar-refractivity contribution >= 4 is 35.3 Å². The molecule has 14 heteroatoms. The average molecular weight is 572 g/mol. The Kier molecular flexibility index (Phi) is 12.4. The molecule has 1 aliphatic rings. The molecule has 3 aromatic rings. The van der Waals surface area contributed by atoms with Crippen molar-refractivity contribution in [1.82, 2.24) is 15.0 Å². The molecular formula is C22H23Cl2F4N3O4S. The number of aliphatic hydroxyl groups is 3. The molecule has 0 radical (unpaired) electrons. The first kappa shape index (κ1) is 30.3. The molecule has 3 N–H and O–H groups in total. The molecule has 1 fully saturated rings. The smallest absolute Gasteiger partial charge is 0.194 e. The van der Waals surface area contributed by atoms with Crippen LogP contribution in [0.25, 0.3) is 11.3 Å². The molecule has 198 valence electrons. The van der Waals surface area contributed by atoms with E-state index >= 15 is 0 Å². The summed E-state index contributed by atoms with van der Waals surface area (Å²) in [6, 6.07) is 5.77. The van der Waals surface area contributed by atoms with E-state index < -0.39 is 35.7 Å². The zero-order chi connectivity index (χ0) is 26.8. The van der Waals surface area contributed by atoms with E-state index in [4.69, 9.17) is 38.2 Å². The number of ether oxygens (including phenoxy) is 1. The molecule has 2 aromatic carbocycles. The zero-order valence-electron chi connectivity index (χ0n) is 18.8. The normalized spacial score (nSPS) is 19.1. The maximum Gasteiger partial charge on any atom is 0.194 e. The topological polar surface area (TPSA) is 101 Å². The predicted molar refractivity (Wildman–Crippen MR) is 128 cm³/mol. The average Bonchev–Trinajstić information content (AvgIpc) is 3.35. The van der Waals surface area contributed by atoms with E-state index in [9.17, 15) is 22.2 Å². The van der Waals surface area contributed by atoms with Gasteiger partial charge in [0.25, 0.3) is 0 Å². The van der Waals surface area contributed by atoms with Gasteiger partial charge < -0.3 is 20.1 Å². The van der Waals surface area contributed by atoms with Crippen molar-refractivity contribution in [3.8, 4) is 11.3 Å². The lowest BCUT2D eigenvalue weighted by molar-refractivity contribution is -0.120. The van der Waals surface area contributed by atoms with Crippen molar-refractivity contribution in [3.63, 3.8) is 0 Å². The third kappa shape index (κ3) is 8.04. The third-order valence-corrected chi connectivity index (χ3v) is 5.98. The quantitative estimate of drug-likeness (QED) is 0.299. The highest BCUT2D eigenvalue weighted by atomic mass is 35.5. The molecule has 7 nitrogen and oxygen atoms in total. The summed E-state index contributed by atoms with van der Waals surface area (Å²) in [7, 11) is 0. The SMILES string of the molecule is CCO.FSc1ccc(Cl)c(Cl)c1.OCC1OCCC(n2cc(-c3cc(F)c(F)c(F)c3)nn2)C1O. The molecule has 1 aliphatic heterocycles. The van der Waals surface area contributed by atoms with Gasteiger partial charge in [-0.3, -0.25) is 0 Å². The standard InChI is InChI=1S/C14H14F3N3O3.C6H3Cl2FS.C2H6O/c15-8-3-7(4-9(16)13(8)17)10-5-20(19-18-10)11-1-2-23-12(6-21)14(11)22;7-5-2-1-4(10-9)3-6(5)8;1-2-3/h3-5,11-12,14,21-22H,1-2,6H2;1-3H;3H,2H2,1H3. The lowest BCUT2D eigenvalue weighted by Gasteiger charge is -2.33. The van der Waals surface area contributed by atoms with Gasteiger partial charge in [-0.05, 0) is 43.7 Å². The van der Waals surface area contributed by atoms with Gasteiger partial charge >= 0.3 is 0 Å². The highest BCUT2D eigenvalue weighted by Gasteiger charge is 2.34. The fraction of sp³-hybridized carbons (Fsp3) is 0.364. The van der Waals surface area contributed by atoms with Crippen LogP contribution in [0.2, 0.25) is 10.0 Å². The number of hydrogen-bond acceptors (Lipinski definition) is 7. The number of benzene rings is 2. The Morgan fingerprint density at radius 2 is 1.75 bits per heavy atom. The van der Waals surface area contributed by atoms with Crippen LogP contribution in [0.1, 0.15) is 19.4 Å². The third-order valence-electron chi connectivity index (χ3n) is 4.81. The van der Waals surface area contributed by atoms with Crippen LogP contribution in [0.15, 0.2) is 41.4 Å². The van der Waals surface area contributed by atoms with E-state index in [0.717, 1.165) is 12.1 Å². The second kappa shape index (κ2) is 14.7. The molecule has 1 saturated heterocycles. The van der Waals surface area contributed by atoms with Gasteiger partial charge in [-0.1, -0.05) is 28.4 Å². The lowest BCUT2D eigenvalue weighted by Crippen LogP contribution is -2.44. The van der Waals surface area contributed by atoms with Crippen LogP contribution in [-0.2, 0) is 4.74 Å². The molecule has 2 heterocycles. The largest absolute Gasteiger partial charge is 0.397 e. The number of aliphatic hydroxyl groups excluding tert-OH is 3. The van der Waals surface area contributed by atoms with E-state index in [1.165, 1.54) is 16.9 Å². The highest BCUT2D eigenvalue weighted by Crippen LogP contribution is 2.29. The minimum absolute atomic E-state index is 0.0351. The summed E-state index contributed by atoms with van der Waals surface area (Å²) in [6.45, 7) is 1.91. The first-order valence-electron chi connectivity index (χ1n) is 10.5. The van der Waals surface area contributed by atoms with E-state index in [2.05, 4.69) is 10.3 Å². The van der Waals surface area contributed by atoms with Gasteiger partial charge in [0.2, 0.25) is 0 Å². The zero-order valence-corrected chi connectivity index (χ0v) is 21.1. The molecule has 3 atom stereocenters. The molecule has 3 unspecified atom stereocenters. The summed E-state index contributed by atoms with van der Waals surface area (Å²) in [4.78, 5) is 0.467. The summed E-state index contributed by atoms with van der Waals surface area (Å²) in [5.74, 6) is -4.19. The monoisotopic (exact) mass is 571 g/mol. The maximum absolute atomic E-state index is 13.3. The van der Waals surface area contributed by atoms with Gasteiger partial charge in [-0.2, -0.15) is 3.89 Å². The Bertz CT molecular complexity index is 1110. The number of aromatic nitrogens is 3. The molecule has 0 saturated carbocycles.